The van der Waals surface area contributed by atoms with Crippen molar-refractivity contribution in [3.8, 4) is 11.5 Å². The van der Waals surface area contributed by atoms with Gasteiger partial charge in [0, 0.05) is 43.6 Å². The van der Waals surface area contributed by atoms with Crippen molar-refractivity contribution in [3.63, 3.8) is 0 Å². The summed E-state index contributed by atoms with van der Waals surface area (Å²) in [4.78, 5) is 6.83. The van der Waals surface area contributed by atoms with Crippen molar-refractivity contribution in [1.82, 2.24) is 0 Å². The number of aliphatic hydroxyl groups is 1. The number of nitrogens with zero attached hydrogens (tertiary/aromatic N) is 2. The first-order valence-electron chi connectivity index (χ1n) is 10.6. The van der Waals surface area contributed by atoms with Crippen LogP contribution in [0.3, 0.4) is 0 Å². The van der Waals surface area contributed by atoms with Crippen molar-refractivity contribution >= 4 is 17.3 Å². The smallest absolute Gasteiger partial charge is 0.193 e. The Morgan fingerprint density at radius 3 is 2.53 bits per heavy atom. The molecule has 4 rings (SSSR count). The van der Waals surface area contributed by atoms with E-state index in [9.17, 15) is 5.11 Å². The lowest BCUT2D eigenvalue weighted by Crippen LogP contribution is -2.34. The van der Waals surface area contributed by atoms with Crippen LogP contribution in [0.4, 0.5) is 11.4 Å². The highest BCUT2D eigenvalue weighted by molar-refractivity contribution is 5.92. The summed E-state index contributed by atoms with van der Waals surface area (Å²) >= 11 is 0. The second-order valence-corrected chi connectivity index (χ2v) is 7.82. The molecule has 2 aliphatic rings. The van der Waals surface area contributed by atoms with E-state index >= 15 is 0 Å². The lowest BCUT2D eigenvalue weighted by Gasteiger charge is -2.32. The number of piperidine rings is 1. The molecule has 30 heavy (non-hydrogen) atoms. The molecule has 0 saturated carbocycles. The summed E-state index contributed by atoms with van der Waals surface area (Å²) in [5.74, 6) is 2.29. The molecule has 2 aliphatic heterocycles. The van der Waals surface area contributed by atoms with Gasteiger partial charge >= 0.3 is 0 Å². The van der Waals surface area contributed by atoms with Crippen molar-refractivity contribution < 1.29 is 14.6 Å². The molecule has 0 amide bonds. The van der Waals surface area contributed by atoms with Gasteiger partial charge in [-0.2, -0.15) is 0 Å². The molecule has 0 radical (unpaired) electrons. The van der Waals surface area contributed by atoms with E-state index in [0.29, 0.717) is 38.2 Å². The van der Waals surface area contributed by atoms with E-state index in [0.717, 1.165) is 55.1 Å². The van der Waals surface area contributed by atoms with E-state index in [1.165, 1.54) is 5.69 Å². The third-order valence-corrected chi connectivity index (χ3v) is 5.63. The summed E-state index contributed by atoms with van der Waals surface area (Å²) < 4.78 is 11.4. The first-order chi connectivity index (χ1) is 14.7. The van der Waals surface area contributed by atoms with E-state index in [1.807, 2.05) is 18.2 Å². The Labute approximate surface area is 177 Å². The molecule has 4 N–H and O–H groups in total. The van der Waals surface area contributed by atoms with Gasteiger partial charge in [-0.25, -0.2) is 4.99 Å². The lowest BCUT2D eigenvalue weighted by atomic mass is 9.97. The summed E-state index contributed by atoms with van der Waals surface area (Å²) in [6.45, 7) is 4.12. The molecule has 7 heteroatoms. The number of hydrogen-bond acceptors (Lipinski definition) is 5. The van der Waals surface area contributed by atoms with Crippen LogP contribution < -0.4 is 25.4 Å². The number of aliphatic hydroxyl groups excluding tert-OH is 1. The molecule has 1 saturated heterocycles. The van der Waals surface area contributed by atoms with Crippen LogP contribution in [0.5, 0.6) is 11.5 Å². The maximum atomic E-state index is 9.29. The number of guanidine groups is 1. The summed E-state index contributed by atoms with van der Waals surface area (Å²) in [7, 11) is 0. The van der Waals surface area contributed by atoms with Crippen LogP contribution in [-0.2, 0) is 6.54 Å². The monoisotopic (exact) mass is 410 g/mol. The van der Waals surface area contributed by atoms with Crippen molar-refractivity contribution in [1.29, 1.82) is 0 Å². The molecular weight excluding hydrogens is 380 g/mol. The standard InChI is InChI=1S/C23H30N4O3/c24-23(26-19-4-7-21-22(14-19)30-13-1-12-29-21)25-15-17-2-5-20(6-3-17)27-10-8-18(16-28)9-11-27/h2-7,14,18,28H,1,8-13,15-16H2,(H3,24,25,26). The summed E-state index contributed by atoms with van der Waals surface area (Å²) in [5.41, 5.74) is 9.22. The van der Waals surface area contributed by atoms with Crippen molar-refractivity contribution in [2.75, 3.05) is 43.1 Å². The van der Waals surface area contributed by atoms with Gasteiger partial charge in [-0.1, -0.05) is 12.1 Å². The van der Waals surface area contributed by atoms with E-state index in [4.69, 9.17) is 15.2 Å². The third-order valence-electron chi connectivity index (χ3n) is 5.63. The Balaban J connectivity index is 1.32. The van der Waals surface area contributed by atoms with Gasteiger partial charge in [-0.3, -0.25) is 0 Å². The Bertz CT molecular complexity index is 861. The molecule has 2 aromatic carbocycles. The molecule has 0 atom stereocenters. The number of fused-ring (bicyclic) bond motifs is 1. The predicted molar refractivity (Wildman–Crippen MR) is 119 cm³/mol. The second kappa shape index (κ2) is 9.71. The molecule has 0 bridgehead atoms. The van der Waals surface area contributed by atoms with Gasteiger partial charge in [0.25, 0.3) is 0 Å². The Morgan fingerprint density at radius 2 is 1.80 bits per heavy atom. The summed E-state index contributed by atoms with van der Waals surface area (Å²) in [6.07, 6.45) is 2.97. The molecule has 0 aromatic heterocycles. The van der Waals surface area contributed by atoms with E-state index in [2.05, 4.69) is 39.5 Å². The highest BCUT2D eigenvalue weighted by atomic mass is 16.5. The number of hydrogen-bond donors (Lipinski definition) is 3. The van der Waals surface area contributed by atoms with Crippen molar-refractivity contribution in [2.45, 2.75) is 25.8 Å². The first kappa shape index (κ1) is 20.3. The maximum Gasteiger partial charge on any atom is 0.193 e. The molecule has 0 spiro atoms. The zero-order valence-electron chi connectivity index (χ0n) is 17.2. The first-order valence-corrected chi connectivity index (χ1v) is 10.6. The van der Waals surface area contributed by atoms with Gasteiger partial charge in [0.05, 0.1) is 19.8 Å². The van der Waals surface area contributed by atoms with Gasteiger partial charge < -0.3 is 30.5 Å². The van der Waals surface area contributed by atoms with Crippen LogP contribution in [0.1, 0.15) is 24.8 Å². The van der Waals surface area contributed by atoms with Gasteiger partial charge in [0.1, 0.15) is 0 Å². The molecule has 2 heterocycles. The molecule has 1 fully saturated rings. The van der Waals surface area contributed by atoms with Crippen LogP contribution in [0.2, 0.25) is 0 Å². The average Bonchev–Trinajstić information content (AvgIpc) is 3.03. The Morgan fingerprint density at radius 1 is 1.07 bits per heavy atom. The van der Waals surface area contributed by atoms with E-state index in [-0.39, 0.29) is 0 Å². The normalized spacial score (nSPS) is 17.5. The predicted octanol–water partition coefficient (Wildman–Crippen LogP) is 2.98. The number of anilines is 2. The second-order valence-electron chi connectivity index (χ2n) is 7.82. The van der Waals surface area contributed by atoms with Crippen LogP contribution in [0.15, 0.2) is 47.5 Å². The Kier molecular flexibility index (Phi) is 6.59. The molecule has 2 aromatic rings. The fourth-order valence-electron chi connectivity index (χ4n) is 3.79. The fourth-order valence-corrected chi connectivity index (χ4v) is 3.79. The molecule has 0 aliphatic carbocycles. The summed E-state index contributed by atoms with van der Waals surface area (Å²) in [6, 6.07) is 14.1. The van der Waals surface area contributed by atoms with Crippen LogP contribution >= 0.6 is 0 Å². The van der Waals surface area contributed by atoms with Crippen LogP contribution in [0.25, 0.3) is 0 Å². The average molecular weight is 411 g/mol. The van der Waals surface area contributed by atoms with Crippen LogP contribution in [-0.4, -0.2) is 44.0 Å². The molecule has 7 nitrogen and oxygen atoms in total. The SMILES string of the molecule is NC(=NCc1ccc(N2CCC(CO)CC2)cc1)Nc1ccc2c(c1)OCCCO2. The van der Waals surface area contributed by atoms with E-state index in [1.54, 1.807) is 0 Å². The minimum Gasteiger partial charge on any atom is -0.490 e. The van der Waals surface area contributed by atoms with Gasteiger partial charge in [0.15, 0.2) is 17.5 Å². The fraction of sp³-hybridized carbons (Fsp3) is 0.435. The number of nitrogens with two attached hydrogens (primary N) is 1. The van der Waals surface area contributed by atoms with Crippen LogP contribution in [0, 0.1) is 5.92 Å². The number of benzene rings is 2. The van der Waals surface area contributed by atoms with Gasteiger partial charge in [0.2, 0.25) is 0 Å². The topological polar surface area (TPSA) is 92.3 Å². The van der Waals surface area contributed by atoms with Crippen molar-refractivity contribution in [3.05, 3.63) is 48.0 Å². The zero-order chi connectivity index (χ0) is 20.8. The number of nitrogens with one attached hydrogen (secondary N) is 1. The van der Waals surface area contributed by atoms with E-state index < -0.39 is 0 Å². The quantitative estimate of drug-likeness (QED) is 0.518. The number of ether oxygens (including phenoxy) is 2. The minimum atomic E-state index is 0.298. The largest absolute Gasteiger partial charge is 0.490 e. The third kappa shape index (κ3) is 5.16. The summed E-state index contributed by atoms with van der Waals surface area (Å²) in [5, 5.41) is 12.4. The minimum absolute atomic E-state index is 0.298. The molecule has 160 valence electrons. The van der Waals surface area contributed by atoms with Gasteiger partial charge in [-0.05, 0) is 48.6 Å². The van der Waals surface area contributed by atoms with Gasteiger partial charge in [-0.15, -0.1) is 0 Å². The van der Waals surface area contributed by atoms with Crippen molar-refractivity contribution in [2.24, 2.45) is 16.6 Å². The number of rotatable bonds is 5. The number of aliphatic imine (C=N–C) groups is 1. The zero-order valence-corrected chi connectivity index (χ0v) is 17.2. The lowest BCUT2D eigenvalue weighted by molar-refractivity contribution is 0.203. The Hall–Kier alpha value is -2.93. The highest BCUT2D eigenvalue weighted by Crippen LogP contribution is 2.32. The molecular formula is C23H30N4O3. The maximum absolute atomic E-state index is 9.29. The highest BCUT2D eigenvalue weighted by Gasteiger charge is 2.18. The molecule has 0 unspecified atom stereocenters.